The van der Waals surface area contributed by atoms with Crippen LogP contribution in [0.1, 0.15) is 49.8 Å². The summed E-state index contributed by atoms with van der Waals surface area (Å²) in [7, 11) is 0. The molecule has 2 fully saturated rings. The van der Waals surface area contributed by atoms with Gasteiger partial charge in [-0.25, -0.2) is 10.3 Å². The number of amides is 2. The summed E-state index contributed by atoms with van der Waals surface area (Å²) in [6.07, 6.45) is 6.08. The van der Waals surface area contributed by atoms with Crippen LogP contribution in [-0.2, 0) is 23.9 Å². The van der Waals surface area contributed by atoms with Crippen molar-refractivity contribution in [3.8, 4) is 10.4 Å². The van der Waals surface area contributed by atoms with Crippen LogP contribution in [0.3, 0.4) is 0 Å². The third-order valence-electron chi connectivity index (χ3n) is 6.30. The molecule has 10 heteroatoms. The van der Waals surface area contributed by atoms with Gasteiger partial charge in [-0.1, -0.05) is 18.6 Å². The minimum absolute atomic E-state index is 0.00707. The Morgan fingerprint density at radius 2 is 2.06 bits per heavy atom. The van der Waals surface area contributed by atoms with E-state index in [2.05, 4.69) is 28.2 Å². The number of nitrogens with one attached hydrogen (secondary N) is 3. The Hall–Kier alpha value is -1.95. The first-order valence-corrected chi connectivity index (χ1v) is 14.4. The van der Waals surface area contributed by atoms with Gasteiger partial charge in [0.2, 0.25) is 11.8 Å². The molecule has 0 aliphatic carbocycles. The molecule has 2 aliphatic heterocycles. The molecule has 196 valence electrons. The van der Waals surface area contributed by atoms with Gasteiger partial charge in [-0.05, 0) is 61.3 Å². The van der Waals surface area contributed by atoms with E-state index in [9.17, 15) is 9.59 Å². The molecule has 2 aliphatic rings. The number of aliphatic hydroxyl groups excluding tert-OH is 1. The van der Waals surface area contributed by atoms with Crippen molar-refractivity contribution in [3.63, 3.8) is 0 Å². The average Bonchev–Trinajstić information content (AvgIpc) is 3.40. The van der Waals surface area contributed by atoms with E-state index in [4.69, 9.17) is 14.7 Å². The van der Waals surface area contributed by atoms with Gasteiger partial charge in [0.25, 0.3) is 0 Å². The Labute approximate surface area is 220 Å². The van der Waals surface area contributed by atoms with Gasteiger partial charge in [-0.2, -0.15) is 0 Å². The molecule has 2 saturated heterocycles. The summed E-state index contributed by atoms with van der Waals surface area (Å²) in [5, 5.41) is 14.6. The highest BCUT2D eigenvalue weighted by atomic mass is 32.2. The Morgan fingerprint density at radius 3 is 2.83 bits per heavy atom. The van der Waals surface area contributed by atoms with E-state index in [0.29, 0.717) is 19.6 Å². The zero-order valence-corrected chi connectivity index (χ0v) is 22.1. The predicted molar refractivity (Wildman–Crippen MR) is 144 cm³/mol. The number of hydrogen-bond donors (Lipinski definition) is 4. The van der Waals surface area contributed by atoms with Crippen molar-refractivity contribution >= 4 is 40.6 Å². The van der Waals surface area contributed by atoms with Crippen LogP contribution in [0, 0.1) is 0 Å². The van der Waals surface area contributed by atoms with E-state index in [1.165, 1.54) is 4.88 Å². The summed E-state index contributed by atoms with van der Waals surface area (Å²) in [4.78, 5) is 32.8. The van der Waals surface area contributed by atoms with E-state index in [1.54, 1.807) is 11.3 Å². The first-order chi connectivity index (χ1) is 17.6. The molecule has 1 aromatic heterocycles. The second kappa shape index (κ2) is 13.6. The van der Waals surface area contributed by atoms with Crippen LogP contribution < -0.4 is 16.1 Å². The van der Waals surface area contributed by atoms with Gasteiger partial charge in [0, 0.05) is 41.4 Å². The van der Waals surface area contributed by atoms with Crippen molar-refractivity contribution in [2.75, 3.05) is 37.4 Å². The van der Waals surface area contributed by atoms with Gasteiger partial charge < -0.3 is 20.5 Å². The number of hydroxylamine groups is 1. The predicted octanol–water partition coefficient (Wildman–Crippen LogP) is 4.01. The maximum Gasteiger partial charge on any atom is 0.245 e. The number of anilines is 1. The number of ether oxygens (including phenoxy) is 1. The standard InChI is InChI=1S/C26H35N3O5S2/c30-13-12-27-18-24(32)28-20-7-5-6-19(16-20)21-9-10-22(36-21)26(11-2-4-15-35-26)17-23(31)29-34-25-8-1-3-14-33-25/h5-7,9-10,16,25,27,30H,1-4,8,11-15,17-18H2,(H,28,32)(H,29,31)/t25?,26-/m0/s1. The minimum Gasteiger partial charge on any atom is -0.395 e. The number of carbonyl (C=O) groups is 2. The molecule has 0 spiro atoms. The third kappa shape index (κ3) is 7.53. The highest BCUT2D eigenvalue weighted by Gasteiger charge is 2.38. The summed E-state index contributed by atoms with van der Waals surface area (Å²) in [6.45, 7) is 1.19. The van der Waals surface area contributed by atoms with Gasteiger partial charge in [0.1, 0.15) is 0 Å². The fourth-order valence-electron chi connectivity index (χ4n) is 4.48. The molecule has 2 atom stereocenters. The maximum atomic E-state index is 12.9. The lowest BCUT2D eigenvalue weighted by Gasteiger charge is -2.35. The summed E-state index contributed by atoms with van der Waals surface area (Å²) >= 11 is 3.57. The number of benzene rings is 1. The molecular formula is C26H35N3O5S2. The molecule has 0 bridgehead atoms. The number of carbonyl (C=O) groups excluding carboxylic acids is 2. The second-order valence-corrected chi connectivity index (χ2v) is 11.7. The van der Waals surface area contributed by atoms with E-state index >= 15 is 0 Å². The van der Waals surface area contributed by atoms with Crippen LogP contribution >= 0.6 is 23.1 Å². The molecule has 1 unspecified atom stereocenters. The average molecular weight is 534 g/mol. The van der Waals surface area contributed by atoms with Crippen LogP contribution in [0.5, 0.6) is 0 Å². The number of thioether (sulfide) groups is 1. The van der Waals surface area contributed by atoms with Crippen molar-refractivity contribution in [3.05, 3.63) is 41.3 Å². The molecule has 36 heavy (non-hydrogen) atoms. The Kier molecular flexibility index (Phi) is 10.2. The molecule has 4 N–H and O–H groups in total. The van der Waals surface area contributed by atoms with Gasteiger partial charge in [-0.15, -0.1) is 23.1 Å². The van der Waals surface area contributed by atoms with E-state index in [0.717, 1.165) is 60.4 Å². The molecule has 0 saturated carbocycles. The van der Waals surface area contributed by atoms with Gasteiger partial charge in [-0.3, -0.25) is 9.59 Å². The largest absolute Gasteiger partial charge is 0.395 e. The lowest BCUT2D eigenvalue weighted by molar-refractivity contribution is -0.200. The van der Waals surface area contributed by atoms with Crippen molar-refractivity contribution < 1.29 is 24.3 Å². The molecule has 3 heterocycles. The number of thiophene rings is 1. The fraction of sp³-hybridized carbons (Fsp3) is 0.538. The Morgan fingerprint density at radius 1 is 1.14 bits per heavy atom. The van der Waals surface area contributed by atoms with Crippen LogP contribution in [0.25, 0.3) is 10.4 Å². The minimum atomic E-state index is -0.357. The van der Waals surface area contributed by atoms with Gasteiger partial charge >= 0.3 is 0 Å². The van der Waals surface area contributed by atoms with Gasteiger partial charge in [0.05, 0.1) is 17.9 Å². The van der Waals surface area contributed by atoms with Crippen molar-refractivity contribution in [2.45, 2.75) is 56.0 Å². The third-order valence-corrected chi connectivity index (χ3v) is 9.38. The SMILES string of the molecule is O=C(C[C@]1(c2ccc(-c3cccc(NC(=O)CNCCO)c3)s2)CCCCS1)NOC1CCCCO1. The smallest absolute Gasteiger partial charge is 0.245 e. The van der Waals surface area contributed by atoms with Crippen LogP contribution in [0.15, 0.2) is 36.4 Å². The first kappa shape index (κ1) is 27.1. The molecular weight excluding hydrogens is 498 g/mol. The maximum absolute atomic E-state index is 12.9. The molecule has 0 radical (unpaired) electrons. The van der Waals surface area contributed by atoms with Crippen molar-refractivity contribution in [1.82, 2.24) is 10.8 Å². The molecule has 2 amide bonds. The number of hydrogen-bond acceptors (Lipinski definition) is 8. The van der Waals surface area contributed by atoms with E-state index < -0.39 is 0 Å². The highest BCUT2D eigenvalue weighted by Crippen LogP contribution is 2.51. The fourth-order valence-corrected chi connectivity index (χ4v) is 7.37. The Balaban J connectivity index is 1.42. The number of aliphatic hydroxyl groups is 1. The topological polar surface area (TPSA) is 109 Å². The van der Waals surface area contributed by atoms with Crippen LogP contribution in [-0.4, -0.2) is 55.3 Å². The monoisotopic (exact) mass is 533 g/mol. The molecule has 1 aromatic carbocycles. The molecule has 4 rings (SSSR count). The quantitative estimate of drug-likeness (QED) is 0.255. The lowest BCUT2D eigenvalue weighted by Crippen LogP contribution is -2.37. The van der Waals surface area contributed by atoms with Crippen molar-refractivity contribution in [1.29, 1.82) is 0 Å². The molecule has 2 aromatic rings. The summed E-state index contributed by atoms with van der Waals surface area (Å²) in [5.74, 6) is 0.754. The highest BCUT2D eigenvalue weighted by molar-refractivity contribution is 8.00. The zero-order valence-electron chi connectivity index (χ0n) is 20.4. The van der Waals surface area contributed by atoms with Crippen LogP contribution in [0.2, 0.25) is 0 Å². The number of rotatable bonds is 11. The molecule has 8 nitrogen and oxygen atoms in total. The lowest BCUT2D eigenvalue weighted by atomic mass is 9.94. The van der Waals surface area contributed by atoms with E-state index in [1.807, 2.05) is 36.0 Å². The van der Waals surface area contributed by atoms with E-state index in [-0.39, 0.29) is 36.0 Å². The van der Waals surface area contributed by atoms with Crippen LogP contribution in [0.4, 0.5) is 5.69 Å². The summed E-state index contributed by atoms with van der Waals surface area (Å²) < 4.78 is 5.29. The second-order valence-electron chi connectivity index (χ2n) is 9.11. The summed E-state index contributed by atoms with van der Waals surface area (Å²) in [6, 6.07) is 12.0. The van der Waals surface area contributed by atoms with Gasteiger partial charge in [0.15, 0.2) is 6.29 Å². The Bertz CT molecular complexity index is 1000. The zero-order chi connectivity index (χ0) is 25.2. The first-order valence-electron chi connectivity index (χ1n) is 12.6. The van der Waals surface area contributed by atoms with Crippen molar-refractivity contribution in [2.24, 2.45) is 0 Å². The normalized spacial score (nSPS) is 22.2. The summed E-state index contributed by atoms with van der Waals surface area (Å²) in [5.41, 5.74) is 4.39.